The van der Waals surface area contributed by atoms with E-state index >= 15 is 0 Å². The minimum absolute atomic E-state index is 0.0118. The van der Waals surface area contributed by atoms with Gasteiger partial charge in [0, 0.05) is 17.2 Å². The molecule has 0 saturated carbocycles. The lowest BCUT2D eigenvalue weighted by Gasteiger charge is -2.24. The summed E-state index contributed by atoms with van der Waals surface area (Å²) in [5, 5.41) is 12.0. The third-order valence-electron chi connectivity index (χ3n) is 6.11. The quantitative estimate of drug-likeness (QED) is 0.0797. The van der Waals surface area contributed by atoms with Crippen LogP contribution in [0.15, 0.2) is 91.5 Å². The molecule has 0 spiro atoms. The molecule has 0 aliphatic rings. The second-order valence-electron chi connectivity index (χ2n) is 8.79. The van der Waals surface area contributed by atoms with Gasteiger partial charge >= 0.3 is 0 Å². The number of benzene rings is 2. The van der Waals surface area contributed by atoms with Gasteiger partial charge in [-0.1, -0.05) is 49.1 Å². The zero-order valence-corrected chi connectivity index (χ0v) is 22.7. The average Bonchev–Trinajstić information content (AvgIpc) is 2.93. The summed E-state index contributed by atoms with van der Waals surface area (Å²) in [5.74, 6) is 0.185. The second kappa shape index (κ2) is 13.7. The lowest BCUT2D eigenvalue weighted by atomic mass is 9.89. The van der Waals surface area contributed by atoms with Crippen molar-refractivity contribution in [3.63, 3.8) is 0 Å². The first kappa shape index (κ1) is 29.5. The van der Waals surface area contributed by atoms with Crippen molar-refractivity contribution >= 4 is 29.4 Å². The average molecular weight is 542 g/mol. The third-order valence-corrected chi connectivity index (χ3v) is 6.11. The molecule has 0 radical (unpaired) electrons. The van der Waals surface area contributed by atoms with Crippen molar-refractivity contribution in [2.75, 3.05) is 18.2 Å². The maximum atomic E-state index is 14.2. The van der Waals surface area contributed by atoms with Crippen LogP contribution in [-0.2, 0) is 9.53 Å². The number of ether oxygens (including phenoxy) is 2. The van der Waals surface area contributed by atoms with Crippen molar-refractivity contribution in [3.8, 4) is 5.75 Å². The Balaban J connectivity index is 2.19. The van der Waals surface area contributed by atoms with Crippen molar-refractivity contribution in [2.24, 2.45) is 0 Å². The number of allylic oxidation sites excluding steroid dienone is 5. The molecule has 1 heterocycles. The molecule has 3 aromatic rings. The Morgan fingerprint density at radius 2 is 1.98 bits per heavy atom. The van der Waals surface area contributed by atoms with Gasteiger partial charge in [0.2, 0.25) is 0 Å². The van der Waals surface area contributed by atoms with Crippen LogP contribution in [-0.4, -0.2) is 35.3 Å². The van der Waals surface area contributed by atoms with Crippen molar-refractivity contribution in [1.82, 2.24) is 9.97 Å². The largest absolute Gasteiger partial charge is 0.497 e. The molecule has 40 heavy (non-hydrogen) atoms. The highest BCUT2D eigenvalue weighted by Crippen LogP contribution is 2.34. The van der Waals surface area contributed by atoms with Crippen LogP contribution in [0.5, 0.6) is 5.75 Å². The maximum absolute atomic E-state index is 14.2. The van der Waals surface area contributed by atoms with Gasteiger partial charge in [0.05, 0.1) is 24.4 Å². The number of hydrogen-bond donors (Lipinski definition) is 3. The van der Waals surface area contributed by atoms with Gasteiger partial charge in [-0.15, -0.1) is 6.58 Å². The number of nitrogens with two attached hydrogens (primary N) is 1. The molecule has 0 saturated heterocycles. The first-order valence-electron chi connectivity index (χ1n) is 12.4. The smallest absolute Gasteiger partial charge is 0.298 e. The number of nitrogen functional groups attached to an aromatic ring is 1. The molecule has 1 aromatic heterocycles. The summed E-state index contributed by atoms with van der Waals surface area (Å²) in [4.78, 5) is 20.1. The summed E-state index contributed by atoms with van der Waals surface area (Å²) in [6.45, 7) is 11.8. The number of carbonyl (C=O) groups excluding carboxylic acids is 1. The van der Waals surface area contributed by atoms with Gasteiger partial charge in [-0.3, -0.25) is 10.2 Å². The van der Waals surface area contributed by atoms with Crippen LogP contribution in [0, 0.1) is 18.2 Å². The Bertz CT molecular complexity index is 1500. The summed E-state index contributed by atoms with van der Waals surface area (Å²) in [6, 6.07) is 11.0. The van der Waals surface area contributed by atoms with Crippen molar-refractivity contribution in [3.05, 3.63) is 120 Å². The van der Waals surface area contributed by atoms with Crippen molar-refractivity contribution < 1.29 is 18.7 Å². The van der Waals surface area contributed by atoms with Crippen LogP contribution in [0.4, 0.5) is 16.0 Å². The van der Waals surface area contributed by atoms with E-state index in [0.29, 0.717) is 24.2 Å². The lowest BCUT2D eigenvalue weighted by Crippen LogP contribution is -2.25. The molecule has 206 valence electrons. The zero-order valence-electron chi connectivity index (χ0n) is 22.7. The van der Waals surface area contributed by atoms with Crippen LogP contribution >= 0.6 is 0 Å². The SMILES string of the molecule is C=C/C=C(CC=C)/C(=C(/OC=O)C(C)Nc1ncnc(N)c1C(=N)c1cc(F)cc(OC)c1)c1ccccc1C. The first-order chi connectivity index (χ1) is 19.2. The number of nitrogens with one attached hydrogen (secondary N) is 2. The third kappa shape index (κ3) is 6.68. The number of rotatable bonds is 13. The Kier molecular flexibility index (Phi) is 10.1. The van der Waals surface area contributed by atoms with E-state index in [2.05, 4.69) is 28.4 Å². The lowest BCUT2D eigenvalue weighted by molar-refractivity contribution is -0.125. The molecule has 1 atom stereocenters. The molecule has 0 aliphatic heterocycles. The van der Waals surface area contributed by atoms with E-state index < -0.39 is 11.9 Å². The minimum Gasteiger partial charge on any atom is -0.497 e. The Morgan fingerprint density at radius 1 is 1.23 bits per heavy atom. The molecule has 0 amide bonds. The van der Waals surface area contributed by atoms with Crippen LogP contribution in [0.1, 0.15) is 35.6 Å². The molecule has 0 aliphatic carbocycles. The second-order valence-corrected chi connectivity index (χ2v) is 8.79. The van der Waals surface area contributed by atoms with Crippen LogP contribution in [0.25, 0.3) is 5.57 Å². The Morgan fingerprint density at radius 3 is 2.62 bits per heavy atom. The monoisotopic (exact) mass is 541 g/mol. The number of methoxy groups -OCH3 is 1. The molecule has 2 aromatic carbocycles. The molecule has 4 N–H and O–H groups in total. The summed E-state index contributed by atoms with van der Waals surface area (Å²) < 4.78 is 25.0. The van der Waals surface area contributed by atoms with E-state index in [1.165, 1.54) is 31.6 Å². The van der Waals surface area contributed by atoms with E-state index in [0.717, 1.165) is 16.7 Å². The van der Waals surface area contributed by atoms with Gasteiger partial charge in [0.25, 0.3) is 6.47 Å². The van der Waals surface area contributed by atoms with Gasteiger partial charge in [-0.05, 0) is 49.1 Å². The van der Waals surface area contributed by atoms with Gasteiger partial charge in [0.1, 0.15) is 35.3 Å². The number of anilines is 2. The highest BCUT2D eigenvalue weighted by molar-refractivity contribution is 6.16. The molecular weight excluding hydrogens is 509 g/mol. The number of nitrogens with zero attached hydrogens (tertiary/aromatic N) is 2. The van der Waals surface area contributed by atoms with E-state index in [1.807, 2.05) is 37.3 Å². The molecule has 3 rings (SSSR count). The highest BCUT2D eigenvalue weighted by atomic mass is 19.1. The van der Waals surface area contributed by atoms with Crippen LogP contribution < -0.4 is 15.8 Å². The van der Waals surface area contributed by atoms with Crippen molar-refractivity contribution in [1.29, 1.82) is 5.41 Å². The highest BCUT2D eigenvalue weighted by Gasteiger charge is 2.25. The fraction of sp³-hybridized carbons (Fsp3) is 0.161. The summed E-state index contributed by atoms with van der Waals surface area (Å²) in [6.07, 6.45) is 6.98. The Hall–Kier alpha value is -5.05. The summed E-state index contributed by atoms with van der Waals surface area (Å²) in [7, 11) is 1.41. The molecular formula is C31H32FN5O3. The number of carbonyl (C=O) groups is 1. The molecule has 0 bridgehead atoms. The molecule has 8 nitrogen and oxygen atoms in total. The predicted molar refractivity (Wildman–Crippen MR) is 157 cm³/mol. The number of aryl methyl sites for hydroxylation is 1. The first-order valence-corrected chi connectivity index (χ1v) is 12.4. The van der Waals surface area contributed by atoms with Gasteiger partial charge < -0.3 is 20.5 Å². The van der Waals surface area contributed by atoms with Crippen LogP contribution in [0.2, 0.25) is 0 Å². The predicted octanol–water partition coefficient (Wildman–Crippen LogP) is 6.00. The topological polar surface area (TPSA) is 123 Å². The number of aromatic nitrogens is 2. The zero-order chi connectivity index (χ0) is 29.2. The molecule has 9 heteroatoms. The van der Waals surface area contributed by atoms with Gasteiger partial charge in [0.15, 0.2) is 0 Å². The van der Waals surface area contributed by atoms with Crippen LogP contribution in [0.3, 0.4) is 0 Å². The van der Waals surface area contributed by atoms with Gasteiger partial charge in [-0.25, -0.2) is 14.4 Å². The summed E-state index contributed by atoms with van der Waals surface area (Å²) >= 11 is 0. The minimum atomic E-state index is -0.652. The fourth-order valence-corrected chi connectivity index (χ4v) is 4.29. The van der Waals surface area contributed by atoms with E-state index in [4.69, 9.17) is 20.6 Å². The standard InChI is InChI=1S/C31H32FN5O3/c1-6-10-21(11-7-2)26(25-13-9-8-12-19(25)3)29(40-18-38)20(4)37-31-27(30(34)35-17-36-31)28(33)22-14-23(32)16-24(15-22)39-5/h6-10,12-18,20,33H,1-2,11H2,3-5H3,(H3,34,35,36,37)/b21-10+,29-26-,33-28?. The van der Waals surface area contributed by atoms with E-state index in [1.54, 1.807) is 19.1 Å². The fourth-order valence-electron chi connectivity index (χ4n) is 4.29. The normalized spacial score (nSPS) is 12.6. The van der Waals surface area contributed by atoms with E-state index in [9.17, 15) is 9.18 Å². The van der Waals surface area contributed by atoms with E-state index in [-0.39, 0.29) is 34.2 Å². The number of hydrogen-bond acceptors (Lipinski definition) is 8. The summed E-state index contributed by atoms with van der Waals surface area (Å²) in [5.41, 5.74) is 9.76. The molecule has 0 fully saturated rings. The van der Waals surface area contributed by atoms with Gasteiger partial charge in [-0.2, -0.15) is 0 Å². The Labute approximate surface area is 233 Å². The number of halogens is 1. The molecule has 1 unspecified atom stereocenters. The maximum Gasteiger partial charge on any atom is 0.298 e. The van der Waals surface area contributed by atoms with Crippen molar-refractivity contribution in [2.45, 2.75) is 26.3 Å².